The van der Waals surface area contributed by atoms with Crippen molar-refractivity contribution in [2.45, 2.75) is 12.7 Å². The van der Waals surface area contributed by atoms with Crippen molar-refractivity contribution in [1.29, 1.82) is 0 Å². The lowest BCUT2D eigenvalue weighted by Gasteiger charge is -2.25. The monoisotopic (exact) mass is 303 g/mol. The van der Waals surface area contributed by atoms with E-state index in [2.05, 4.69) is 5.32 Å². The van der Waals surface area contributed by atoms with Crippen molar-refractivity contribution >= 4 is 11.6 Å². The molecule has 0 aliphatic heterocycles. The zero-order valence-electron chi connectivity index (χ0n) is 12.6. The summed E-state index contributed by atoms with van der Waals surface area (Å²) in [6.45, 7) is 0.241. The van der Waals surface area contributed by atoms with Crippen LogP contribution in [0.3, 0.4) is 0 Å². The van der Waals surface area contributed by atoms with Crippen molar-refractivity contribution < 1.29 is 18.0 Å². The second-order valence-electron chi connectivity index (χ2n) is 5.02. The molecule has 0 fully saturated rings. The van der Waals surface area contributed by atoms with E-state index in [1.54, 1.807) is 27.2 Å². The maximum Gasteiger partial charge on any atom is 0.418 e. The van der Waals surface area contributed by atoms with E-state index in [1.165, 1.54) is 22.9 Å². The Morgan fingerprint density at radius 2 is 1.86 bits per heavy atom. The first-order valence-electron chi connectivity index (χ1n) is 6.42. The lowest BCUT2D eigenvalue weighted by atomic mass is 10.1. The Balaban J connectivity index is 3.13. The fraction of sp³-hybridized carbons (Fsp3) is 0.500. The molecule has 1 aromatic rings. The van der Waals surface area contributed by atoms with Crippen LogP contribution in [0.4, 0.5) is 18.9 Å². The van der Waals surface area contributed by atoms with Crippen molar-refractivity contribution in [2.24, 2.45) is 0 Å². The van der Waals surface area contributed by atoms with Crippen LogP contribution in [-0.2, 0) is 17.5 Å². The minimum absolute atomic E-state index is 0.00227. The van der Waals surface area contributed by atoms with Gasteiger partial charge in [-0.05, 0) is 24.7 Å². The summed E-state index contributed by atoms with van der Waals surface area (Å²) in [5.74, 6) is -0.259. The van der Waals surface area contributed by atoms with Gasteiger partial charge in [-0.15, -0.1) is 0 Å². The molecule has 0 saturated heterocycles. The van der Waals surface area contributed by atoms with Gasteiger partial charge in [0.15, 0.2) is 0 Å². The van der Waals surface area contributed by atoms with Crippen molar-refractivity contribution in [3.63, 3.8) is 0 Å². The van der Waals surface area contributed by atoms with Gasteiger partial charge in [-0.3, -0.25) is 4.79 Å². The molecule has 0 bridgehead atoms. The lowest BCUT2D eigenvalue weighted by molar-refractivity contribution is -0.137. The van der Waals surface area contributed by atoms with Crippen molar-refractivity contribution in [2.75, 3.05) is 39.6 Å². The first kappa shape index (κ1) is 17.3. The number of halogens is 3. The normalized spacial score (nSPS) is 11.4. The Bertz CT molecular complexity index is 501. The number of likely N-dealkylation sites (N-methyl/N-ethyl adjacent to an activating group) is 2. The van der Waals surface area contributed by atoms with Crippen LogP contribution in [0.1, 0.15) is 11.1 Å². The number of carbonyl (C=O) groups excluding carboxylic acids is 1. The average molecular weight is 303 g/mol. The highest BCUT2D eigenvalue weighted by Gasteiger charge is 2.35. The molecule has 118 valence electrons. The smallest absolute Gasteiger partial charge is 0.365 e. The summed E-state index contributed by atoms with van der Waals surface area (Å²) in [6, 6.07) is 4.14. The summed E-state index contributed by atoms with van der Waals surface area (Å²) in [5, 5.41) is 2.82. The number of hydrogen-bond donors (Lipinski definition) is 1. The third-order valence-corrected chi connectivity index (χ3v) is 3.03. The van der Waals surface area contributed by atoms with E-state index in [0.717, 1.165) is 6.07 Å². The number of alkyl halides is 3. The Morgan fingerprint density at radius 3 is 2.33 bits per heavy atom. The highest BCUT2D eigenvalue weighted by Crippen LogP contribution is 2.36. The SMILES string of the molecule is CNCc1ccc(N(C)CC(=O)N(C)C)c(C(F)(F)F)c1. The number of amides is 1. The third kappa shape index (κ3) is 4.63. The zero-order valence-corrected chi connectivity index (χ0v) is 12.6. The topological polar surface area (TPSA) is 35.6 Å². The van der Waals surface area contributed by atoms with Crippen LogP contribution in [0.5, 0.6) is 0 Å². The number of hydrogen-bond acceptors (Lipinski definition) is 3. The Morgan fingerprint density at radius 1 is 1.24 bits per heavy atom. The minimum atomic E-state index is -4.46. The molecule has 0 aromatic heterocycles. The predicted molar refractivity (Wildman–Crippen MR) is 76.2 cm³/mol. The molecule has 0 atom stereocenters. The van der Waals surface area contributed by atoms with E-state index in [0.29, 0.717) is 12.1 Å². The molecular weight excluding hydrogens is 283 g/mol. The molecule has 0 aliphatic rings. The van der Waals surface area contributed by atoms with E-state index in [4.69, 9.17) is 0 Å². The summed E-state index contributed by atoms with van der Waals surface area (Å²) in [5.41, 5.74) is -0.192. The molecule has 21 heavy (non-hydrogen) atoms. The summed E-state index contributed by atoms with van der Waals surface area (Å²) in [4.78, 5) is 14.3. The Kier molecular flexibility index (Phi) is 5.60. The van der Waals surface area contributed by atoms with Crippen LogP contribution in [-0.4, -0.2) is 45.5 Å². The molecule has 1 rings (SSSR count). The fourth-order valence-electron chi connectivity index (χ4n) is 1.89. The van der Waals surface area contributed by atoms with Crippen molar-refractivity contribution in [3.8, 4) is 0 Å². The molecule has 0 spiro atoms. The molecule has 0 saturated carbocycles. The number of rotatable bonds is 5. The van der Waals surface area contributed by atoms with E-state index in [-0.39, 0.29) is 18.1 Å². The van der Waals surface area contributed by atoms with Gasteiger partial charge in [0.1, 0.15) is 0 Å². The Hall–Kier alpha value is -1.76. The molecule has 1 N–H and O–H groups in total. The van der Waals surface area contributed by atoms with Gasteiger partial charge in [0.25, 0.3) is 0 Å². The van der Waals surface area contributed by atoms with Crippen molar-refractivity contribution in [1.82, 2.24) is 10.2 Å². The lowest BCUT2D eigenvalue weighted by Crippen LogP contribution is -2.35. The van der Waals surface area contributed by atoms with Crippen LogP contribution in [0.25, 0.3) is 0 Å². The minimum Gasteiger partial charge on any atom is -0.365 e. The van der Waals surface area contributed by atoms with E-state index in [9.17, 15) is 18.0 Å². The Labute approximate surface area is 122 Å². The highest BCUT2D eigenvalue weighted by molar-refractivity contribution is 5.81. The maximum atomic E-state index is 13.2. The standard InChI is InChI=1S/C14H20F3N3O/c1-18-8-10-5-6-12(11(7-10)14(15,16)17)20(4)9-13(21)19(2)3/h5-7,18H,8-9H2,1-4H3. The largest absolute Gasteiger partial charge is 0.418 e. The predicted octanol–water partition coefficient (Wildman–Crippen LogP) is 1.95. The van der Waals surface area contributed by atoms with Crippen LogP contribution >= 0.6 is 0 Å². The summed E-state index contributed by atoms with van der Waals surface area (Å²) in [6.07, 6.45) is -4.46. The highest BCUT2D eigenvalue weighted by atomic mass is 19.4. The number of benzene rings is 1. The van der Waals surface area contributed by atoms with E-state index >= 15 is 0 Å². The molecule has 1 aromatic carbocycles. The van der Waals surface area contributed by atoms with E-state index < -0.39 is 11.7 Å². The molecule has 7 heteroatoms. The first-order chi connectivity index (χ1) is 9.66. The van der Waals surface area contributed by atoms with Crippen LogP contribution in [0, 0.1) is 0 Å². The molecule has 0 heterocycles. The molecule has 0 aliphatic carbocycles. The summed E-state index contributed by atoms with van der Waals surface area (Å²) in [7, 11) is 6.28. The van der Waals surface area contributed by atoms with Gasteiger partial charge >= 0.3 is 6.18 Å². The number of anilines is 1. The van der Waals surface area contributed by atoms with Gasteiger partial charge in [0.2, 0.25) is 5.91 Å². The van der Waals surface area contributed by atoms with Gasteiger partial charge in [-0.25, -0.2) is 0 Å². The molecule has 0 unspecified atom stereocenters. The van der Waals surface area contributed by atoms with Gasteiger partial charge in [0, 0.05) is 33.4 Å². The van der Waals surface area contributed by atoms with Gasteiger partial charge in [-0.1, -0.05) is 6.07 Å². The number of carbonyl (C=O) groups is 1. The molecular formula is C14H20F3N3O. The quantitative estimate of drug-likeness (QED) is 0.903. The van der Waals surface area contributed by atoms with Gasteiger partial charge in [-0.2, -0.15) is 13.2 Å². The van der Waals surface area contributed by atoms with Crippen LogP contribution in [0.2, 0.25) is 0 Å². The number of nitrogens with zero attached hydrogens (tertiary/aromatic N) is 2. The van der Waals surface area contributed by atoms with Gasteiger partial charge in [0.05, 0.1) is 12.1 Å². The van der Waals surface area contributed by atoms with E-state index in [1.807, 2.05) is 0 Å². The molecule has 1 amide bonds. The summed E-state index contributed by atoms with van der Waals surface area (Å²) < 4.78 is 39.5. The third-order valence-electron chi connectivity index (χ3n) is 3.03. The fourth-order valence-corrected chi connectivity index (χ4v) is 1.89. The molecule has 4 nitrogen and oxygen atoms in total. The average Bonchev–Trinajstić information content (AvgIpc) is 2.37. The maximum absolute atomic E-state index is 13.2. The van der Waals surface area contributed by atoms with Gasteiger partial charge < -0.3 is 15.1 Å². The van der Waals surface area contributed by atoms with Crippen LogP contribution < -0.4 is 10.2 Å². The molecule has 0 radical (unpaired) electrons. The second kappa shape index (κ2) is 6.80. The van der Waals surface area contributed by atoms with Crippen LogP contribution in [0.15, 0.2) is 18.2 Å². The first-order valence-corrected chi connectivity index (χ1v) is 6.42. The van der Waals surface area contributed by atoms with Crippen molar-refractivity contribution in [3.05, 3.63) is 29.3 Å². The number of nitrogens with one attached hydrogen (secondary N) is 1. The second-order valence-corrected chi connectivity index (χ2v) is 5.02. The summed E-state index contributed by atoms with van der Waals surface area (Å²) >= 11 is 0. The zero-order chi connectivity index (χ0) is 16.2.